The summed E-state index contributed by atoms with van der Waals surface area (Å²) in [5.41, 5.74) is 7.93. The molecule has 0 aliphatic carbocycles. The number of anilines is 1. The van der Waals surface area contributed by atoms with Crippen molar-refractivity contribution in [3.8, 4) is 0 Å². The molecular weight excluding hydrogens is 236 g/mol. The van der Waals surface area contributed by atoms with Gasteiger partial charge in [-0.3, -0.25) is 4.79 Å². The Kier molecular flexibility index (Phi) is 5.06. The lowest BCUT2D eigenvalue weighted by atomic mass is 10.1. The molecule has 17 heavy (non-hydrogen) atoms. The van der Waals surface area contributed by atoms with E-state index >= 15 is 0 Å². The van der Waals surface area contributed by atoms with Gasteiger partial charge in [-0.25, -0.2) is 0 Å². The highest BCUT2D eigenvalue weighted by Gasteiger charge is 2.06. The van der Waals surface area contributed by atoms with E-state index in [2.05, 4.69) is 5.32 Å². The Morgan fingerprint density at radius 2 is 2.24 bits per heavy atom. The molecule has 0 fully saturated rings. The van der Waals surface area contributed by atoms with Crippen LogP contribution in [0.2, 0.25) is 0 Å². The molecule has 3 N–H and O–H groups in total. The Hall–Kier alpha value is -1.46. The number of aryl methyl sites for hydroxylation is 1. The number of benzene rings is 1. The number of amides is 1. The predicted molar refractivity (Wildman–Crippen MR) is 72.2 cm³/mol. The second-order valence-corrected chi connectivity index (χ2v) is 4.02. The van der Waals surface area contributed by atoms with E-state index in [0.717, 1.165) is 11.1 Å². The van der Waals surface area contributed by atoms with Crippen LogP contribution in [0.4, 0.5) is 5.69 Å². The summed E-state index contributed by atoms with van der Waals surface area (Å²) >= 11 is 4.89. The minimum Gasteiger partial charge on any atom is -0.389 e. The third-order valence-electron chi connectivity index (χ3n) is 2.23. The highest BCUT2D eigenvalue weighted by Crippen LogP contribution is 2.16. The van der Waals surface area contributed by atoms with Crippen molar-refractivity contribution in [1.82, 2.24) is 0 Å². The third-order valence-corrected chi connectivity index (χ3v) is 2.47. The first kappa shape index (κ1) is 13.6. The monoisotopic (exact) mass is 252 g/mol. The molecule has 92 valence electrons. The molecule has 0 saturated heterocycles. The van der Waals surface area contributed by atoms with Gasteiger partial charge >= 0.3 is 0 Å². The lowest BCUT2D eigenvalue weighted by molar-refractivity contribution is -0.120. The van der Waals surface area contributed by atoms with Crippen molar-refractivity contribution in [3.05, 3.63) is 29.3 Å². The van der Waals surface area contributed by atoms with E-state index in [0.29, 0.717) is 17.3 Å². The molecule has 0 unspecified atom stereocenters. The number of carbonyl (C=O) groups excluding carboxylic acids is 1. The second-order valence-electron chi connectivity index (χ2n) is 3.58. The Labute approximate surface area is 106 Å². The number of rotatable bonds is 5. The van der Waals surface area contributed by atoms with Crippen molar-refractivity contribution < 1.29 is 9.53 Å². The van der Waals surface area contributed by atoms with Crippen molar-refractivity contribution in [1.29, 1.82) is 0 Å². The maximum atomic E-state index is 11.5. The number of carbonyl (C=O) groups is 1. The molecule has 5 heteroatoms. The zero-order chi connectivity index (χ0) is 12.8. The largest absolute Gasteiger partial charge is 0.389 e. The van der Waals surface area contributed by atoms with E-state index in [1.165, 1.54) is 0 Å². The number of nitrogens with one attached hydrogen (secondary N) is 1. The molecule has 0 saturated carbocycles. The molecule has 0 aromatic heterocycles. The van der Waals surface area contributed by atoms with Gasteiger partial charge < -0.3 is 15.8 Å². The fraction of sp³-hybridized carbons (Fsp3) is 0.333. The highest BCUT2D eigenvalue weighted by molar-refractivity contribution is 7.80. The summed E-state index contributed by atoms with van der Waals surface area (Å²) in [6.07, 6.45) is 0. The Bertz CT molecular complexity index is 433. The number of hydrogen-bond donors (Lipinski definition) is 2. The van der Waals surface area contributed by atoms with Crippen LogP contribution < -0.4 is 11.1 Å². The van der Waals surface area contributed by atoms with Crippen LogP contribution in [-0.2, 0) is 9.53 Å². The van der Waals surface area contributed by atoms with Crippen molar-refractivity contribution >= 4 is 28.8 Å². The summed E-state index contributed by atoms with van der Waals surface area (Å²) in [7, 11) is 0. The average molecular weight is 252 g/mol. The molecule has 0 bridgehead atoms. The van der Waals surface area contributed by atoms with Crippen LogP contribution in [0.5, 0.6) is 0 Å². The second kappa shape index (κ2) is 6.32. The van der Waals surface area contributed by atoms with Crippen molar-refractivity contribution in [2.24, 2.45) is 5.73 Å². The van der Waals surface area contributed by atoms with Gasteiger partial charge in [-0.05, 0) is 25.5 Å². The maximum Gasteiger partial charge on any atom is 0.250 e. The van der Waals surface area contributed by atoms with Gasteiger partial charge in [-0.2, -0.15) is 0 Å². The van der Waals surface area contributed by atoms with Crippen LogP contribution in [0.15, 0.2) is 18.2 Å². The van der Waals surface area contributed by atoms with E-state index in [-0.39, 0.29) is 12.5 Å². The van der Waals surface area contributed by atoms with Crippen LogP contribution in [0.3, 0.4) is 0 Å². The minimum atomic E-state index is -0.185. The molecule has 0 aliphatic rings. The van der Waals surface area contributed by atoms with E-state index in [9.17, 15) is 4.79 Å². The highest BCUT2D eigenvalue weighted by atomic mass is 32.1. The van der Waals surface area contributed by atoms with Crippen molar-refractivity contribution in [2.75, 3.05) is 18.5 Å². The molecule has 1 rings (SSSR count). The van der Waals surface area contributed by atoms with Gasteiger partial charge in [0, 0.05) is 17.9 Å². The van der Waals surface area contributed by atoms with Crippen molar-refractivity contribution in [2.45, 2.75) is 13.8 Å². The summed E-state index contributed by atoms with van der Waals surface area (Å²) in [5.74, 6) is -0.185. The number of nitrogens with two attached hydrogens (primary N) is 1. The van der Waals surface area contributed by atoms with Gasteiger partial charge in [0.2, 0.25) is 5.91 Å². The number of ether oxygens (including phenoxy) is 1. The molecule has 0 radical (unpaired) electrons. The normalized spacial score (nSPS) is 10.0. The number of thiocarbonyl (C=S) groups is 1. The fourth-order valence-corrected chi connectivity index (χ4v) is 1.42. The van der Waals surface area contributed by atoms with Gasteiger partial charge in [0.1, 0.15) is 11.6 Å². The van der Waals surface area contributed by atoms with Gasteiger partial charge in [-0.1, -0.05) is 24.4 Å². The Morgan fingerprint density at radius 3 is 2.82 bits per heavy atom. The van der Waals surface area contributed by atoms with Crippen molar-refractivity contribution in [3.63, 3.8) is 0 Å². The predicted octanol–water partition coefficient (Wildman–Crippen LogP) is 1.60. The maximum absolute atomic E-state index is 11.5. The first-order valence-corrected chi connectivity index (χ1v) is 5.73. The summed E-state index contributed by atoms with van der Waals surface area (Å²) in [4.78, 5) is 11.8. The summed E-state index contributed by atoms with van der Waals surface area (Å²) in [5, 5.41) is 2.76. The molecule has 1 aromatic carbocycles. The van der Waals surface area contributed by atoms with Crippen LogP contribution in [0.1, 0.15) is 18.1 Å². The van der Waals surface area contributed by atoms with Gasteiger partial charge in [-0.15, -0.1) is 0 Å². The molecule has 0 atom stereocenters. The molecule has 0 spiro atoms. The molecule has 0 heterocycles. The minimum absolute atomic E-state index is 0.0488. The van der Waals surface area contributed by atoms with Crippen LogP contribution >= 0.6 is 12.2 Å². The first-order valence-electron chi connectivity index (χ1n) is 5.32. The third kappa shape index (κ3) is 4.13. The average Bonchev–Trinajstić information content (AvgIpc) is 2.29. The summed E-state index contributed by atoms with van der Waals surface area (Å²) < 4.78 is 5.02. The van der Waals surface area contributed by atoms with E-state index < -0.39 is 0 Å². The molecule has 4 nitrogen and oxygen atoms in total. The smallest absolute Gasteiger partial charge is 0.250 e. The SMILES string of the molecule is CCOCC(=O)Nc1cc(C(N)=S)ccc1C. The molecular formula is C12H16N2O2S. The van der Waals surface area contributed by atoms with Crippen LogP contribution in [0, 0.1) is 6.92 Å². The van der Waals surface area contributed by atoms with Crippen LogP contribution in [0.25, 0.3) is 0 Å². The van der Waals surface area contributed by atoms with Crippen LogP contribution in [-0.4, -0.2) is 24.1 Å². The topological polar surface area (TPSA) is 64.3 Å². The zero-order valence-electron chi connectivity index (χ0n) is 9.95. The van der Waals surface area contributed by atoms with E-state index in [1.807, 2.05) is 26.0 Å². The van der Waals surface area contributed by atoms with Gasteiger partial charge in [0.05, 0.1) is 0 Å². The Morgan fingerprint density at radius 1 is 1.53 bits per heavy atom. The summed E-state index contributed by atoms with van der Waals surface area (Å²) in [6, 6.07) is 5.46. The quantitative estimate of drug-likeness (QED) is 0.781. The first-order chi connectivity index (χ1) is 8.04. The van der Waals surface area contributed by atoms with E-state index in [4.69, 9.17) is 22.7 Å². The van der Waals surface area contributed by atoms with E-state index in [1.54, 1.807) is 6.07 Å². The number of hydrogen-bond acceptors (Lipinski definition) is 3. The molecule has 1 amide bonds. The van der Waals surface area contributed by atoms with Gasteiger partial charge in [0.15, 0.2) is 0 Å². The fourth-order valence-electron chi connectivity index (χ4n) is 1.29. The zero-order valence-corrected chi connectivity index (χ0v) is 10.8. The Balaban J connectivity index is 2.79. The molecule has 0 aliphatic heterocycles. The lowest BCUT2D eigenvalue weighted by Crippen LogP contribution is -2.19. The van der Waals surface area contributed by atoms with Gasteiger partial charge in [0.25, 0.3) is 0 Å². The lowest BCUT2D eigenvalue weighted by Gasteiger charge is -2.10. The summed E-state index contributed by atoms with van der Waals surface area (Å²) in [6.45, 7) is 4.30. The standard InChI is InChI=1S/C12H16N2O2S/c1-3-16-7-11(15)14-10-6-9(12(13)17)5-4-8(10)2/h4-6H,3,7H2,1-2H3,(H2,13,17)(H,14,15). The molecule has 1 aromatic rings.